The van der Waals surface area contributed by atoms with E-state index >= 15 is 0 Å². The number of ether oxygens (including phenoxy) is 1. The summed E-state index contributed by atoms with van der Waals surface area (Å²) in [6, 6.07) is 0. The molecule has 2 amide bonds. The van der Waals surface area contributed by atoms with Crippen LogP contribution in [0.15, 0.2) is 4.99 Å². The second-order valence-electron chi connectivity index (χ2n) is 5.97. The molecule has 0 spiro atoms. The maximum Gasteiger partial charge on any atom is 0.243 e. The van der Waals surface area contributed by atoms with Crippen molar-refractivity contribution in [1.29, 1.82) is 0 Å². The maximum absolute atomic E-state index is 11.8. The fourth-order valence-corrected chi connectivity index (χ4v) is 2.53. The van der Waals surface area contributed by atoms with Crippen molar-refractivity contribution in [1.82, 2.24) is 15.1 Å². The van der Waals surface area contributed by atoms with Gasteiger partial charge in [0.25, 0.3) is 0 Å². The minimum Gasteiger partial charge on any atom is -0.383 e. The Hall–Kier alpha value is -1.10. The molecule has 0 bridgehead atoms. The number of carbonyl (C=O) groups is 2. The van der Waals surface area contributed by atoms with Crippen molar-refractivity contribution in [2.45, 2.75) is 19.3 Å². The largest absolute Gasteiger partial charge is 0.383 e. The minimum atomic E-state index is -0.273. The SMILES string of the molecule is COCCNC(=NCC(=O)N(C)C)N1CCCC(CC(N)=O)C1.I. The Morgan fingerprint density at radius 1 is 1.42 bits per heavy atom. The summed E-state index contributed by atoms with van der Waals surface area (Å²) in [4.78, 5) is 30.9. The first kappa shape index (κ1) is 22.9. The molecule has 1 saturated heterocycles. The first-order valence-corrected chi connectivity index (χ1v) is 7.94. The number of likely N-dealkylation sites (N-methyl/N-ethyl adjacent to an activating group) is 1. The number of likely N-dealkylation sites (tertiary alicyclic amines) is 1. The van der Waals surface area contributed by atoms with E-state index in [9.17, 15) is 9.59 Å². The monoisotopic (exact) mass is 455 g/mol. The third-order valence-corrected chi connectivity index (χ3v) is 3.76. The summed E-state index contributed by atoms with van der Waals surface area (Å²) in [5, 5.41) is 3.22. The van der Waals surface area contributed by atoms with Gasteiger partial charge in [-0.05, 0) is 18.8 Å². The zero-order valence-corrected chi connectivity index (χ0v) is 17.1. The predicted molar refractivity (Wildman–Crippen MR) is 104 cm³/mol. The van der Waals surface area contributed by atoms with E-state index in [0.29, 0.717) is 25.5 Å². The van der Waals surface area contributed by atoms with Gasteiger partial charge in [0.1, 0.15) is 6.54 Å². The number of piperidine rings is 1. The van der Waals surface area contributed by atoms with Gasteiger partial charge in [-0.1, -0.05) is 0 Å². The van der Waals surface area contributed by atoms with Crippen molar-refractivity contribution in [2.75, 3.05) is 54.0 Å². The topological polar surface area (TPSA) is 100 Å². The fraction of sp³-hybridized carbons (Fsp3) is 0.800. The Morgan fingerprint density at radius 3 is 2.71 bits per heavy atom. The zero-order valence-electron chi connectivity index (χ0n) is 14.8. The Bertz CT molecular complexity index is 431. The third-order valence-electron chi connectivity index (χ3n) is 3.76. The molecule has 140 valence electrons. The van der Waals surface area contributed by atoms with Crippen LogP contribution in [-0.2, 0) is 14.3 Å². The third kappa shape index (κ3) is 8.67. The molecule has 24 heavy (non-hydrogen) atoms. The lowest BCUT2D eigenvalue weighted by Crippen LogP contribution is -2.48. The number of carbonyl (C=O) groups excluding carboxylic acids is 2. The number of primary amides is 1. The van der Waals surface area contributed by atoms with E-state index in [1.165, 1.54) is 4.90 Å². The molecule has 1 heterocycles. The van der Waals surface area contributed by atoms with Gasteiger partial charge in [-0.3, -0.25) is 9.59 Å². The molecule has 8 nitrogen and oxygen atoms in total. The molecule has 9 heteroatoms. The van der Waals surface area contributed by atoms with Gasteiger partial charge in [0.05, 0.1) is 6.61 Å². The van der Waals surface area contributed by atoms with Crippen LogP contribution in [0.1, 0.15) is 19.3 Å². The molecule has 1 aliphatic rings. The van der Waals surface area contributed by atoms with E-state index in [0.717, 1.165) is 25.9 Å². The molecule has 3 N–H and O–H groups in total. The summed E-state index contributed by atoms with van der Waals surface area (Å²) >= 11 is 0. The number of hydrogen-bond acceptors (Lipinski definition) is 4. The lowest BCUT2D eigenvalue weighted by Gasteiger charge is -2.34. The summed E-state index contributed by atoms with van der Waals surface area (Å²) in [5.41, 5.74) is 5.30. The van der Waals surface area contributed by atoms with Crippen LogP contribution in [0.5, 0.6) is 0 Å². The van der Waals surface area contributed by atoms with Crippen molar-refractivity contribution < 1.29 is 14.3 Å². The minimum absolute atomic E-state index is 0. The Labute approximate surface area is 161 Å². The van der Waals surface area contributed by atoms with Gasteiger partial charge in [0, 0.05) is 47.3 Å². The zero-order chi connectivity index (χ0) is 17.2. The normalized spacial score (nSPS) is 17.9. The second-order valence-corrected chi connectivity index (χ2v) is 5.97. The first-order valence-electron chi connectivity index (χ1n) is 7.94. The number of nitrogens with one attached hydrogen (secondary N) is 1. The number of rotatable bonds is 7. The van der Waals surface area contributed by atoms with Gasteiger partial charge in [-0.2, -0.15) is 0 Å². The van der Waals surface area contributed by atoms with Gasteiger partial charge in [0.2, 0.25) is 11.8 Å². The lowest BCUT2D eigenvalue weighted by molar-refractivity contribution is -0.127. The Balaban J connectivity index is 0.00000529. The van der Waals surface area contributed by atoms with Crippen molar-refractivity contribution in [3.8, 4) is 0 Å². The van der Waals surface area contributed by atoms with E-state index < -0.39 is 0 Å². The number of guanidine groups is 1. The Kier molecular flexibility index (Phi) is 11.7. The standard InChI is InChI=1S/C15H29N5O3.HI/c1-19(2)14(22)10-18-15(17-6-8-23-3)20-7-4-5-12(11-20)9-13(16)21;/h12H,4-11H2,1-3H3,(H2,16,21)(H,17,18);1H. The maximum atomic E-state index is 11.8. The molecule has 1 fully saturated rings. The fourth-order valence-electron chi connectivity index (χ4n) is 2.53. The van der Waals surface area contributed by atoms with E-state index in [-0.39, 0.29) is 48.3 Å². The molecule has 1 aliphatic heterocycles. The van der Waals surface area contributed by atoms with Crippen LogP contribution >= 0.6 is 24.0 Å². The second kappa shape index (κ2) is 12.3. The number of nitrogens with two attached hydrogens (primary N) is 1. The molecule has 1 atom stereocenters. The van der Waals surface area contributed by atoms with Gasteiger partial charge < -0.3 is 25.6 Å². The number of hydrogen-bond donors (Lipinski definition) is 2. The quantitative estimate of drug-likeness (QED) is 0.241. The molecule has 0 aromatic carbocycles. The molecule has 1 unspecified atom stereocenters. The van der Waals surface area contributed by atoms with Crippen LogP contribution in [-0.4, -0.2) is 81.6 Å². The highest BCUT2D eigenvalue weighted by Gasteiger charge is 2.23. The number of methoxy groups -OCH3 is 1. The van der Waals surface area contributed by atoms with Crippen molar-refractivity contribution in [2.24, 2.45) is 16.6 Å². The summed E-state index contributed by atoms with van der Waals surface area (Å²) in [5.74, 6) is 0.596. The van der Waals surface area contributed by atoms with E-state index in [1.54, 1.807) is 21.2 Å². The van der Waals surface area contributed by atoms with Crippen LogP contribution in [0.25, 0.3) is 0 Å². The van der Waals surface area contributed by atoms with Gasteiger partial charge >= 0.3 is 0 Å². The highest BCUT2D eigenvalue weighted by Crippen LogP contribution is 2.19. The molecule has 0 radical (unpaired) electrons. The highest BCUT2D eigenvalue weighted by molar-refractivity contribution is 14.0. The molecular weight excluding hydrogens is 425 g/mol. The number of aliphatic imine (C=N–C) groups is 1. The van der Waals surface area contributed by atoms with E-state index in [1.807, 2.05) is 0 Å². The average Bonchev–Trinajstić information content (AvgIpc) is 2.49. The molecule has 0 saturated carbocycles. The van der Waals surface area contributed by atoms with E-state index in [4.69, 9.17) is 10.5 Å². The predicted octanol–water partition coefficient (Wildman–Crippen LogP) is -0.128. The first-order chi connectivity index (χ1) is 10.9. The van der Waals surface area contributed by atoms with Crippen LogP contribution in [0.3, 0.4) is 0 Å². The summed E-state index contributed by atoms with van der Waals surface area (Å²) in [6.45, 7) is 2.84. The molecule has 0 aliphatic carbocycles. The van der Waals surface area contributed by atoms with Crippen LogP contribution in [0.2, 0.25) is 0 Å². The lowest BCUT2D eigenvalue weighted by atomic mass is 9.95. The van der Waals surface area contributed by atoms with Crippen LogP contribution in [0, 0.1) is 5.92 Å². The van der Waals surface area contributed by atoms with Gasteiger partial charge in [-0.25, -0.2) is 4.99 Å². The van der Waals surface area contributed by atoms with Crippen molar-refractivity contribution in [3.05, 3.63) is 0 Å². The summed E-state index contributed by atoms with van der Waals surface area (Å²) in [6.07, 6.45) is 2.35. The average molecular weight is 455 g/mol. The van der Waals surface area contributed by atoms with Gasteiger partial charge in [-0.15, -0.1) is 24.0 Å². The Morgan fingerprint density at radius 2 is 2.12 bits per heavy atom. The van der Waals surface area contributed by atoms with Crippen molar-refractivity contribution >= 4 is 41.8 Å². The van der Waals surface area contributed by atoms with Crippen LogP contribution in [0.4, 0.5) is 0 Å². The van der Waals surface area contributed by atoms with Gasteiger partial charge in [0.15, 0.2) is 5.96 Å². The number of amides is 2. The molecule has 0 aromatic heterocycles. The van der Waals surface area contributed by atoms with Crippen molar-refractivity contribution in [3.63, 3.8) is 0 Å². The molecular formula is C15H30IN5O3. The molecule has 0 aromatic rings. The highest BCUT2D eigenvalue weighted by atomic mass is 127. The molecule has 1 rings (SSSR count). The smallest absolute Gasteiger partial charge is 0.243 e. The van der Waals surface area contributed by atoms with Crippen LogP contribution < -0.4 is 11.1 Å². The summed E-state index contributed by atoms with van der Waals surface area (Å²) < 4.78 is 5.04. The number of halogens is 1. The summed E-state index contributed by atoms with van der Waals surface area (Å²) in [7, 11) is 5.05. The number of nitrogens with zero attached hydrogens (tertiary/aromatic N) is 3. The van der Waals surface area contributed by atoms with E-state index in [2.05, 4.69) is 15.2 Å².